The fourth-order valence-electron chi connectivity index (χ4n) is 1.86. The minimum Gasteiger partial charge on any atom is -0.373 e. The van der Waals surface area contributed by atoms with Crippen molar-refractivity contribution in [1.29, 1.82) is 0 Å². The number of hydrogen-bond donors (Lipinski definition) is 2. The van der Waals surface area contributed by atoms with Crippen LogP contribution < -0.4 is 15.5 Å². The van der Waals surface area contributed by atoms with Crippen LogP contribution in [0.25, 0.3) is 0 Å². The third-order valence-electron chi connectivity index (χ3n) is 2.84. The quantitative estimate of drug-likeness (QED) is 0.846. The van der Waals surface area contributed by atoms with Crippen molar-refractivity contribution < 1.29 is 13.2 Å². The van der Waals surface area contributed by atoms with Gasteiger partial charge in [0.2, 0.25) is 0 Å². The average Bonchev–Trinajstić information content (AvgIpc) is 2.38. The summed E-state index contributed by atoms with van der Waals surface area (Å²) in [5, 5.41) is 5.82. The SMILES string of the molecule is CNc1cc(C(F)(F)F)cc(N2CCNCC2)n1. The second-order valence-electron chi connectivity index (χ2n) is 4.08. The molecule has 1 aliphatic heterocycles. The van der Waals surface area contributed by atoms with Crippen molar-refractivity contribution in [1.82, 2.24) is 10.3 Å². The average molecular weight is 260 g/mol. The first-order valence-corrected chi connectivity index (χ1v) is 5.73. The first-order chi connectivity index (χ1) is 8.50. The lowest BCUT2D eigenvalue weighted by Gasteiger charge is -2.29. The Morgan fingerprint density at radius 1 is 1.28 bits per heavy atom. The summed E-state index contributed by atoms with van der Waals surface area (Å²) in [7, 11) is 1.56. The normalized spacial score (nSPS) is 16.8. The van der Waals surface area contributed by atoms with Gasteiger partial charge in [-0.2, -0.15) is 13.2 Å². The predicted octanol–water partition coefficient (Wildman–Crippen LogP) is 1.55. The number of halogens is 3. The number of nitrogens with one attached hydrogen (secondary N) is 2. The summed E-state index contributed by atoms with van der Waals surface area (Å²) in [4.78, 5) is 6.03. The fraction of sp³-hybridized carbons (Fsp3) is 0.545. The number of piperazine rings is 1. The van der Waals surface area contributed by atoms with Crippen LogP contribution in [-0.4, -0.2) is 38.2 Å². The molecule has 2 rings (SSSR count). The van der Waals surface area contributed by atoms with Gasteiger partial charge in [-0.15, -0.1) is 0 Å². The molecule has 1 aromatic rings. The highest BCUT2D eigenvalue weighted by Gasteiger charge is 2.32. The van der Waals surface area contributed by atoms with Crippen molar-refractivity contribution >= 4 is 11.6 Å². The van der Waals surface area contributed by atoms with E-state index in [2.05, 4.69) is 15.6 Å². The van der Waals surface area contributed by atoms with Crippen LogP contribution in [-0.2, 0) is 6.18 Å². The molecule has 2 heterocycles. The molecule has 0 atom stereocenters. The van der Waals surface area contributed by atoms with Gasteiger partial charge >= 0.3 is 6.18 Å². The Morgan fingerprint density at radius 2 is 1.94 bits per heavy atom. The van der Waals surface area contributed by atoms with Crippen molar-refractivity contribution in [3.63, 3.8) is 0 Å². The molecular formula is C11H15F3N4. The molecule has 2 N–H and O–H groups in total. The Morgan fingerprint density at radius 3 is 2.50 bits per heavy atom. The van der Waals surface area contributed by atoms with Gasteiger partial charge in [0.25, 0.3) is 0 Å². The summed E-state index contributed by atoms with van der Waals surface area (Å²) >= 11 is 0. The largest absolute Gasteiger partial charge is 0.416 e. The lowest BCUT2D eigenvalue weighted by atomic mass is 10.2. The molecule has 0 amide bonds. The number of alkyl halides is 3. The molecule has 0 spiro atoms. The Labute approximate surface area is 103 Å². The molecule has 0 bridgehead atoms. The molecular weight excluding hydrogens is 245 g/mol. The zero-order valence-electron chi connectivity index (χ0n) is 10.0. The Balaban J connectivity index is 2.34. The van der Waals surface area contributed by atoms with Gasteiger partial charge in [-0.1, -0.05) is 0 Å². The standard InChI is InChI=1S/C11H15F3N4/c1-15-9-6-8(11(12,13)14)7-10(17-9)18-4-2-16-3-5-18/h6-7,16H,2-5H2,1H3,(H,15,17). The third kappa shape index (κ3) is 2.84. The van der Waals surface area contributed by atoms with E-state index < -0.39 is 11.7 Å². The van der Waals surface area contributed by atoms with Crippen LogP contribution in [0.3, 0.4) is 0 Å². The van der Waals surface area contributed by atoms with Gasteiger partial charge in [-0.3, -0.25) is 0 Å². The summed E-state index contributed by atoms with van der Waals surface area (Å²) in [6.45, 7) is 2.84. The minimum absolute atomic E-state index is 0.235. The summed E-state index contributed by atoms with van der Waals surface area (Å²) in [5.74, 6) is 0.606. The molecule has 1 aliphatic rings. The maximum Gasteiger partial charge on any atom is 0.416 e. The molecule has 18 heavy (non-hydrogen) atoms. The van der Waals surface area contributed by atoms with Gasteiger partial charge in [-0.25, -0.2) is 4.98 Å². The van der Waals surface area contributed by atoms with E-state index in [-0.39, 0.29) is 5.82 Å². The second-order valence-corrected chi connectivity index (χ2v) is 4.08. The summed E-state index contributed by atoms with van der Waals surface area (Å²) in [6.07, 6.45) is -4.35. The molecule has 100 valence electrons. The van der Waals surface area contributed by atoms with E-state index in [0.717, 1.165) is 25.2 Å². The minimum atomic E-state index is -4.35. The van der Waals surface area contributed by atoms with Crippen LogP contribution in [0.4, 0.5) is 24.8 Å². The smallest absolute Gasteiger partial charge is 0.373 e. The highest BCUT2D eigenvalue weighted by molar-refractivity contribution is 5.51. The first kappa shape index (κ1) is 12.9. The van der Waals surface area contributed by atoms with E-state index >= 15 is 0 Å². The van der Waals surface area contributed by atoms with E-state index in [9.17, 15) is 13.2 Å². The topological polar surface area (TPSA) is 40.2 Å². The first-order valence-electron chi connectivity index (χ1n) is 5.73. The van der Waals surface area contributed by atoms with Crippen LogP contribution in [0.5, 0.6) is 0 Å². The van der Waals surface area contributed by atoms with Gasteiger partial charge in [0.15, 0.2) is 0 Å². The third-order valence-corrected chi connectivity index (χ3v) is 2.84. The number of nitrogens with zero attached hydrogens (tertiary/aromatic N) is 2. The number of pyridine rings is 1. The van der Waals surface area contributed by atoms with Gasteiger partial charge in [-0.05, 0) is 12.1 Å². The summed E-state index contributed by atoms with van der Waals surface area (Å²) < 4.78 is 38.3. The summed E-state index contributed by atoms with van der Waals surface area (Å²) in [6, 6.07) is 2.12. The van der Waals surface area contributed by atoms with Gasteiger partial charge < -0.3 is 15.5 Å². The molecule has 0 aliphatic carbocycles. The van der Waals surface area contributed by atoms with Crippen LogP contribution >= 0.6 is 0 Å². The van der Waals surface area contributed by atoms with Crippen molar-refractivity contribution in [2.24, 2.45) is 0 Å². The molecule has 1 fully saturated rings. The van der Waals surface area contributed by atoms with Gasteiger partial charge in [0.05, 0.1) is 5.56 Å². The Kier molecular flexibility index (Phi) is 3.60. The predicted molar refractivity (Wildman–Crippen MR) is 63.9 cm³/mol. The van der Waals surface area contributed by atoms with Crippen LogP contribution in [0.2, 0.25) is 0 Å². The van der Waals surface area contributed by atoms with Crippen molar-refractivity contribution in [2.45, 2.75) is 6.18 Å². The second kappa shape index (κ2) is 5.01. The van der Waals surface area contributed by atoms with E-state index in [4.69, 9.17) is 0 Å². The van der Waals surface area contributed by atoms with Crippen LogP contribution in [0, 0.1) is 0 Å². The fourth-order valence-corrected chi connectivity index (χ4v) is 1.86. The monoisotopic (exact) mass is 260 g/mol. The Bertz CT molecular complexity index is 413. The van der Waals surface area contributed by atoms with E-state index in [0.29, 0.717) is 18.9 Å². The zero-order valence-corrected chi connectivity index (χ0v) is 10.0. The maximum absolute atomic E-state index is 12.8. The molecule has 1 saturated heterocycles. The zero-order chi connectivity index (χ0) is 13.2. The van der Waals surface area contributed by atoms with Crippen LogP contribution in [0.15, 0.2) is 12.1 Å². The molecule has 1 aromatic heterocycles. The lowest BCUT2D eigenvalue weighted by Crippen LogP contribution is -2.44. The summed E-state index contributed by atoms with van der Waals surface area (Å²) in [5.41, 5.74) is -0.671. The number of hydrogen-bond acceptors (Lipinski definition) is 4. The molecule has 0 aromatic carbocycles. The van der Waals surface area contributed by atoms with E-state index in [1.165, 1.54) is 0 Å². The number of rotatable bonds is 2. The van der Waals surface area contributed by atoms with E-state index in [1.54, 1.807) is 7.05 Å². The van der Waals surface area contributed by atoms with Gasteiger partial charge in [0.1, 0.15) is 11.6 Å². The molecule has 0 radical (unpaired) electrons. The number of aromatic nitrogens is 1. The van der Waals surface area contributed by atoms with Crippen LogP contribution in [0.1, 0.15) is 5.56 Å². The molecule has 7 heteroatoms. The van der Waals surface area contributed by atoms with Gasteiger partial charge in [0, 0.05) is 33.2 Å². The van der Waals surface area contributed by atoms with E-state index in [1.807, 2.05) is 4.90 Å². The van der Waals surface area contributed by atoms with Crippen molar-refractivity contribution in [2.75, 3.05) is 43.4 Å². The molecule has 0 saturated carbocycles. The molecule has 0 unspecified atom stereocenters. The molecule has 4 nitrogen and oxygen atoms in total. The lowest BCUT2D eigenvalue weighted by molar-refractivity contribution is -0.137. The maximum atomic E-state index is 12.8. The highest BCUT2D eigenvalue weighted by atomic mass is 19.4. The highest BCUT2D eigenvalue weighted by Crippen LogP contribution is 2.32. The Hall–Kier alpha value is -1.50. The van der Waals surface area contributed by atoms with Crippen molar-refractivity contribution in [3.8, 4) is 0 Å². The number of anilines is 2. The van der Waals surface area contributed by atoms with Crippen molar-refractivity contribution in [3.05, 3.63) is 17.7 Å².